The van der Waals surface area contributed by atoms with E-state index in [1.807, 2.05) is 0 Å². The molecule has 1 aromatic rings. The fourth-order valence-corrected chi connectivity index (χ4v) is 4.82. The van der Waals surface area contributed by atoms with E-state index in [9.17, 15) is 0 Å². The molecule has 21 heavy (non-hydrogen) atoms. The standard InChI is InChI=1S/C13H10I3N5/c14-11-19-12(17-9-1-5-15-6-2-9)21-13(20-11)18-10-3-7-16-8-4-10/h1-8H,(H2,17,18,19,20,21). The first-order chi connectivity index (χ1) is 10.3. The first-order valence-electron chi connectivity index (χ1n) is 5.89. The average Bonchev–Trinajstić information content (AvgIpc) is 2.48. The van der Waals surface area contributed by atoms with Crippen molar-refractivity contribution >= 4 is 84.0 Å². The summed E-state index contributed by atoms with van der Waals surface area (Å²) < 4.78 is 9.44. The van der Waals surface area contributed by atoms with E-state index in [-0.39, 0.29) is 41.5 Å². The van der Waals surface area contributed by atoms with Gasteiger partial charge < -0.3 is 10.6 Å². The van der Waals surface area contributed by atoms with Crippen LogP contribution in [0.2, 0.25) is 0 Å². The van der Waals surface area contributed by atoms with Gasteiger partial charge in [0.2, 0.25) is 11.9 Å². The van der Waals surface area contributed by atoms with Crippen LogP contribution in [0.4, 0.5) is 11.9 Å². The lowest BCUT2D eigenvalue weighted by Crippen LogP contribution is -2.09. The molecule has 0 aromatic carbocycles. The van der Waals surface area contributed by atoms with Crippen LogP contribution < -0.4 is 10.6 Å². The number of allylic oxidation sites excluding steroid dienone is 4. The smallest absolute Gasteiger partial charge is 0.232 e. The monoisotopic (exact) mass is 617 g/mol. The van der Waals surface area contributed by atoms with Gasteiger partial charge in [-0.25, -0.2) is 0 Å². The van der Waals surface area contributed by atoms with E-state index in [2.05, 4.69) is 88.7 Å². The van der Waals surface area contributed by atoms with Crippen molar-refractivity contribution in [2.45, 2.75) is 0 Å². The lowest BCUT2D eigenvalue weighted by Gasteiger charge is -2.10. The van der Waals surface area contributed by atoms with Crippen LogP contribution >= 0.6 is 64.1 Å². The molecule has 0 bridgehead atoms. The molecule has 1 aromatic heterocycles. The minimum absolute atomic E-state index is 0.0811. The number of halogens is 3. The molecular weight excluding hydrogens is 607 g/mol. The lowest BCUT2D eigenvalue weighted by atomic mass is 10.4. The van der Waals surface area contributed by atoms with Crippen LogP contribution in [0.3, 0.4) is 0 Å². The van der Waals surface area contributed by atoms with Crippen molar-refractivity contribution in [2.24, 2.45) is 0 Å². The summed E-state index contributed by atoms with van der Waals surface area (Å²) >= 11 is 2.26. The van der Waals surface area contributed by atoms with E-state index in [0.717, 1.165) is 11.4 Å². The fraction of sp³-hybridized carbons (Fsp3) is 0. The number of nitrogens with one attached hydrogen (secondary N) is 2. The van der Waals surface area contributed by atoms with Gasteiger partial charge in [0, 0.05) is 34.0 Å². The molecule has 3 rings (SSSR count). The van der Waals surface area contributed by atoms with Crippen molar-refractivity contribution in [3.8, 4) is 0 Å². The second kappa shape index (κ2) is 7.67. The molecule has 0 fully saturated rings. The van der Waals surface area contributed by atoms with E-state index in [1.165, 1.54) is 0 Å². The number of hydrogen-bond donors (Lipinski definition) is 2. The van der Waals surface area contributed by atoms with Gasteiger partial charge in [0.15, 0.2) is 3.83 Å². The van der Waals surface area contributed by atoms with Gasteiger partial charge in [0.1, 0.15) is 0 Å². The summed E-state index contributed by atoms with van der Waals surface area (Å²) in [5.74, 6) is 1.11. The molecule has 0 saturated carbocycles. The van der Waals surface area contributed by atoms with Crippen LogP contribution in [0.5, 0.6) is 0 Å². The molecule has 2 aliphatic rings. The van der Waals surface area contributed by atoms with Crippen molar-refractivity contribution in [3.05, 3.63) is 47.7 Å². The Labute approximate surface area is 155 Å². The van der Waals surface area contributed by atoms with E-state index >= 15 is 0 Å². The van der Waals surface area contributed by atoms with Gasteiger partial charge in [-0.2, -0.15) is 15.0 Å². The van der Waals surface area contributed by atoms with Crippen molar-refractivity contribution in [1.82, 2.24) is 15.0 Å². The first kappa shape index (κ1) is 15.4. The second-order valence-corrected chi connectivity index (χ2v) is 9.11. The van der Waals surface area contributed by atoms with Gasteiger partial charge in [-0.3, -0.25) is 0 Å². The normalized spacial score (nSPS) is 16.4. The minimum atomic E-state index is 0.0811. The Balaban J connectivity index is 1.79. The summed E-state index contributed by atoms with van der Waals surface area (Å²) in [6, 6.07) is 0. The van der Waals surface area contributed by atoms with Gasteiger partial charge >= 0.3 is 0 Å². The van der Waals surface area contributed by atoms with Crippen LogP contribution in [-0.2, 0) is 0 Å². The molecule has 0 amide bonds. The maximum atomic E-state index is 4.41. The number of nitrogens with zero attached hydrogens (tertiary/aromatic N) is 3. The van der Waals surface area contributed by atoms with Gasteiger partial charge in [-0.15, -0.1) is 0 Å². The van der Waals surface area contributed by atoms with Gasteiger partial charge in [0.25, 0.3) is 0 Å². The molecule has 0 atom stereocenters. The molecule has 0 saturated heterocycles. The van der Waals surface area contributed by atoms with Gasteiger partial charge in [-0.1, -0.05) is 41.5 Å². The Hall–Kier alpha value is -0.500. The molecule has 3 heterocycles. The quantitative estimate of drug-likeness (QED) is 0.506. The number of aromatic nitrogens is 3. The molecule has 8 heteroatoms. The third kappa shape index (κ3) is 4.74. The van der Waals surface area contributed by atoms with Crippen molar-refractivity contribution in [1.29, 1.82) is 0 Å². The summed E-state index contributed by atoms with van der Waals surface area (Å²) in [5, 5.41) is 6.43. The third-order valence-electron chi connectivity index (χ3n) is 2.38. The van der Waals surface area contributed by atoms with Crippen LogP contribution in [0.25, 0.3) is 0 Å². The topological polar surface area (TPSA) is 62.7 Å². The highest BCUT2D eigenvalue weighted by atomic mass is 127. The largest absolute Gasteiger partial charge is 0.324 e. The zero-order chi connectivity index (χ0) is 14.5. The van der Waals surface area contributed by atoms with Crippen LogP contribution in [-0.4, -0.2) is 23.0 Å². The molecule has 2 N–H and O–H groups in total. The molecular formula is C13H10I3N5. The van der Waals surface area contributed by atoms with Crippen molar-refractivity contribution in [3.63, 3.8) is 0 Å². The highest BCUT2D eigenvalue weighted by molar-refractivity contribution is 14.2. The first-order valence-corrected chi connectivity index (χ1v) is 12.0. The number of rotatable bonds is 4. The maximum Gasteiger partial charge on any atom is 0.232 e. The maximum absolute atomic E-state index is 4.41. The molecule has 2 aliphatic heterocycles. The van der Waals surface area contributed by atoms with Crippen molar-refractivity contribution < 1.29 is 0 Å². The third-order valence-corrected chi connectivity index (χ3v) is 5.96. The SMILES string of the molecule is Ic1nc(NC2=CC=IC=C2)nc(NC2=CC=IC=C2)n1. The predicted octanol–water partition coefficient (Wildman–Crippen LogP) is 3.67. The summed E-state index contributed by atoms with van der Waals surface area (Å²) in [6.45, 7) is 0. The van der Waals surface area contributed by atoms with Crippen LogP contribution in [0.1, 0.15) is 0 Å². The highest BCUT2D eigenvalue weighted by Crippen LogP contribution is 2.16. The minimum Gasteiger partial charge on any atom is -0.324 e. The molecule has 5 nitrogen and oxygen atoms in total. The average molecular weight is 617 g/mol. The van der Waals surface area contributed by atoms with E-state index in [0.29, 0.717) is 15.7 Å². The second-order valence-electron chi connectivity index (χ2n) is 3.83. The molecule has 108 valence electrons. The van der Waals surface area contributed by atoms with Gasteiger partial charge in [0.05, 0.1) is 0 Å². The van der Waals surface area contributed by atoms with E-state index in [1.54, 1.807) is 0 Å². The summed E-state index contributed by atoms with van der Waals surface area (Å²) in [5.41, 5.74) is 2.01. The lowest BCUT2D eigenvalue weighted by molar-refractivity contribution is 1.01. The molecule has 0 unspecified atom stereocenters. The zero-order valence-electron chi connectivity index (χ0n) is 10.6. The van der Waals surface area contributed by atoms with Crippen LogP contribution in [0.15, 0.2) is 43.9 Å². The Morgan fingerprint density at radius 2 is 1.33 bits per heavy atom. The Kier molecular flexibility index (Phi) is 5.62. The van der Waals surface area contributed by atoms with Crippen LogP contribution in [0, 0.1) is 3.83 Å². The zero-order valence-corrected chi connectivity index (χ0v) is 17.1. The summed E-state index contributed by atoms with van der Waals surface area (Å²) in [6.07, 6.45) is 8.29. The Morgan fingerprint density at radius 3 is 1.76 bits per heavy atom. The van der Waals surface area contributed by atoms with E-state index < -0.39 is 0 Å². The molecule has 0 spiro atoms. The summed E-state index contributed by atoms with van der Waals surface area (Å²) in [4.78, 5) is 13.0. The van der Waals surface area contributed by atoms with E-state index in [4.69, 9.17) is 0 Å². The number of hydrogen-bond acceptors (Lipinski definition) is 5. The van der Waals surface area contributed by atoms with Crippen molar-refractivity contribution in [2.75, 3.05) is 10.6 Å². The Morgan fingerprint density at radius 1 is 0.810 bits per heavy atom. The van der Waals surface area contributed by atoms with Gasteiger partial charge in [-0.05, 0) is 40.5 Å². The Bertz CT molecular complexity index is 673. The molecule has 0 radical (unpaired) electrons. The summed E-state index contributed by atoms with van der Waals surface area (Å²) in [7, 11) is 0. The highest BCUT2D eigenvalue weighted by Gasteiger charge is 2.07. The molecule has 0 aliphatic carbocycles. The predicted molar refractivity (Wildman–Crippen MR) is 114 cm³/mol. The fourth-order valence-electron chi connectivity index (χ4n) is 1.50. The number of anilines is 2.